The molecule has 30 heavy (non-hydrogen) atoms. The number of carbonyl (C=O) groups is 2. The molecule has 0 spiro atoms. The first-order chi connectivity index (χ1) is 14.5. The van der Waals surface area contributed by atoms with Gasteiger partial charge in [0.2, 0.25) is 5.88 Å². The number of esters is 1. The van der Waals surface area contributed by atoms with Crippen molar-refractivity contribution in [3.63, 3.8) is 0 Å². The number of benzene rings is 1. The summed E-state index contributed by atoms with van der Waals surface area (Å²) in [6, 6.07) is 13.7. The van der Waals surface area contributed by atoms with Gasteiger partial charge in [0.15, 0.2) is 18.2 Å². The van der Waals surface area contributed by atoms with Crippen LogP contribution in [0.2, 0.25) is 0 Å². The highest BCUT2D eigenvalue weighted by Gasteiger charge is 2.44. The fraction of sp³-hybridized carbons (Fsp3) is 0.292. The van der Waals surface area contributed by atoms with Crippen LogP contribution in [0.5, 0.6) is 0 Å². The number of ketones is 1. The minimum atomic E-state index is -0.607. The molecule has 1 aliphatic heterocycles. The summed E-state index contributed by atoms with van der Waals surface area (Å²) < 4.78 is 13.0. The van der Waals surface area contributed by atoms with Gasteiger partial charge in [0.25, 0.3) is 0 Å². The Morgan fingerprint density at radius 3 is 2.60 bits per heavy atom. The van der Waals surface area contributed by atoms with Crippen LogP contribution in [0.1, 0.15) is 42.7 Å². The van der Waals surface area contributed by atoms with Gasteiger partial charge in [0.05, 0.1) is 12.5 Å². The average molecular weight is 405 g/mol. The fourth-order valence-corrected chi connectivity index (χ4v) is 4.29. The van der Waals surface area contributed by atoms with Crippen LogP contribution < -0.4 is 10.3 Å². The van der Waals surface area contributed by atoms with E-state index in [4.69, 9.17) is 15.2 Å². The largest absolute Gasteiger partial charge is 0.462 e. The first kappa shape index (κ1) is 19.9. The van der Waals surface area contributed by atoms with Gasteiger partial charge in [-0.15, -0.1) is 0 Å². The molecular weight excluding hydrogens is 380 g/mol. The number of hydrogen-bond donors (Lipinski definition) is 1. The fourth-order valence-electron chi connectivity index (χ4n) is 4.29. The van der Waals surface area contributed by atoms with E-state index >= 15 is 0 Å². The van der Waals surface area contributed by atoms with Crippen LogP contribution in [0, 0.1) is 0 Å². The lowest BCUT2D eigenvalue weighted by Crippen LogP contribution is -2.35. The van der Waals surface area contributed by atoms with Crippen LogP contribution in [-0.4, -0.2) is 18.4 Å². The molecule has 2 atom stereocenters. The van der Waals surface area contributed by atoms with Gasteiger partial charge >= 0.3 is 5.97 Å². The predicted octanol–water partition coefficient (Wildman–Crippen LogP) is 2.76. The standard InChI is InChI=1S/C24H24N2O4/c1-3-29-24(28)22-20(16-10-7-11-26(2)14-16)21-18(27)12-17(13-19(21)30-23(22)25)15-8-5-4-6-9-15/h4-11,14,17,20H,3,12-13H2,1-2H3,(H-,25,28)/p+1/t17-,20+/m1/s1. The Bertz CT molecular complexity index is 1060. The Hall–Kier alpha value is -3.41. The Kier molecular flexibility index (Phi) is 5.40. The zero-order valence-corrected chi connectivity index (χ0v) is 17.1. The third-order valence-corrected chi connectivity index (χ3v) is 5.60. The lowest BCUT2D eigenvalue weighted by Gasteiger charge is -2.34. The number of aromatic nitrogens is 1. The molecule has 0 amide bonds. The Morgan fingerprint density at radius 1 is 1.17 bits per heavy atom. The second-order valence-electron chi connectivity index (χ2n) is 7.61. The molecule has 0 unspecified atom stereocenters. The minimum absolute atomic E-state index is 0.00483. The topological polar surface area (TPSA) is 82.5 Å². The Balaban J connectivity index is 1.81. The van der Waals surface area contributed by atoms with Gasteiger partial charge in [-0.3, -0.25) is 4.79 Å². The highest BCUT2D eigenvalue weighted by atomic mass is 16.5. The zero-order chi connectivity index (χ0) is 21.3. The summed E-state index contributed by atoms with van der Waals surface area (Å²) in [4.78, 5) is 26.1. The van der Waals surface area contributed by atoms with Crippen LogP contribution in [0.25, 0.3) is 0 Å². The van der Waals surface area contributed by atoms with Gasteiger partial charge < -0.3 is 15.2 Å². The maximum Gasteiger partial charge on any atom is 0.340 e. The van der Waals surface area contributed by atoms with Gasteiger partial charge in [0, 0.05) is 30.0 Å². The number of allylic oxidation sites excluding steroid dienone is 2. The van der Waals surface area contributed by atoms with E-state index in [1.54, 1.807) is 6.92 Å². The van der Waals surface area contributed by atoms with Crippen LogP contribution in [0.15, 0.2) is 77.6 Å². The summed E-state index contributed by atoms with van der Waals surface area (Å²) in [7, 11) is 1.89. The van der Waals surface area contributed by atoms with Crippen molar-refractivity contribution in [2.45, 2.75) is 31.6 Å². The van der Waals surface area contributed by atoms with Crippen molar-refractivity contribution in [2.24, 2.45) is 12.8 Å². The number of hydrogen-bond acceptors (Lipinski definition) is 5. The van der Waals surface area contributed by atoms with Crippen molar-refractivity contribution >= 4 is 11.8 Å². The van der Waals surface area contributed by atoms with Gasteiger partial charge in [-0.25, -0.2) is 9.36 Å². The molecular formula is C24H25N2O4+. The van der Waals surface area contributed by atoms with Crippen molar-refractivity contribution in [2.75, 3.05) is 6.61 Å². The molecule has 1 aromatic carbocycles. The van der Waals surface area contributed by atoms with E-state index in [0.29, 0.717) is 24.2 Å². The summed E-state index contributed by atoms with van der Waals surface area (Å²) in [6.45, 7) is 1.94. The van der Waals surface area contributed by atoms with Crippen molar-refractivity contribution in [3.8, 4) is 0 Å². The van der Waals surface area contributed by atoms with E-state index in [9.17, 15) is 9.59 Å². The Labute approximate surface area is 175 Å². The number of carbonyl (C=O) groups excluding carboxylic acids is 2. The summed E-state index contributed by atoms with van der Waals surface area (Å²) in [5.74, 6) is -0.634. The first-order valence-corrected chi connectivity index (χ1v) is 10.1. The molecule has 0 saturated heterocycles. The molecule has 6 nitrogen and oxygen atoms in total. The number of pyridine rings is 1. The maximum absolute atomic E-state index is 13.4. The number of nitrogens with two attached hydrogens (primary N) is 1. The molecule has 6 heteroatoms. The number of nitrogens with zero attached hydrogens (tertiary/aromatic N) is 1. The van der Waals surface area contributed by atoms with E-state index in [1.165, 1.54) is 0 Å². The lowest BCUT2D eigenvalue weighted by molar-refractivity contribution is -0.671. The minimum Gasteiger partial charge on any atom is -0.462 e. The lowest BCUT2D eigenvalue weighted by atomic mass is 9.73. The molecule has 4 rings (SSSR count). The number of rotatable bonds is 4. The van der Waals surface area contributed by atoms with E-state index in [-0.39, 0.29) is 29.8 Å². The van der Waals surface area contributed by atoms with Crippen LogP contribution in [-0.2, 0) is 26.1 Å². The quantitative estimate of drug-likeness (QED) is 0.625. The van der Waals surface area contributed by atoms with E-state index in [1.807, 2.05) is 66.5 Å². The summed E-state index contributed by atoms with van der Waals surface area (Å²) in [5.41, 5.74) is 8.80. The van der Waals surface area contributed by atoms with Crippen LogP contribution in [0.3, 0.4) is 0 Å². The third kappa shape index (κ3) is 3.61. The number of Topliss-reactive ketones (excluding diaryl/α,β-unsaturated/α-hetero) is 1. The molecule has 154 valence electrons. The van der Waals surface area contributed by atoms with Crippen LogP contribution in [0.4, 0.5) is 0 Å². The zero-order valence-electron chi connectivity index (χ0n) is 17.1. The normalized spacial score (nSPS) is 21.2. The molecule has 2 heterocycles. The molecule has 2 aromatic rings. The van der Waals surface area contributed by atoms with Crippen molar-refractivity contribution in [3.05, 3.63) is 88.8 Å². The summed E-state index contributed by atoms with van der Waals surface area (Å²) in [5, 5.41) is 0. The first-order valence-electron chi connectivity index (χ1n) is 10.1. The van der Waals surface area contributed by atoms with E-state index in [0.717, 1.165) is 11.1 Å². The number of ether oxygens (including phenoxy) is 2. The SMILES string of the molecule is CCOC(=O)C1=C(N)OC2=C(C(=O)C[C@@H](c3ccccc3)C2)[C@@H]1c1ccc[n+](C)c1. The second kappa shape index (κ2) is 8.14. The van der Waals surface area contributed by atoms with Gasteiger partial charge in [-0.05, 0) is 24.5 Å². The van der Waals surface area contributed by atoms with Gasteiger partial charge in [-0.2, -0.15) is 0 Å². The molecule has 2 N–H and O–H groups in total. The molecule has 0 fully saturated rings. The summed E-state index contributed by atoms with van der Waals surface area (Å²) in [6.07, 6.45) is 4.70. The molecule has 1 aromatic heterocycles. The molecule has 0 radical (unpaired) electrons. The summed E-state index contributed by atoms with van der Waals surface area (Å²) >= 11 is 0. The number of aryl methyl sites for hydroxylation is 1. The van der Waals surface area contributed by atoms with Crippen LogP contribution >= 0.6 is 0 Å². The van der Waals surface area contributed by atoms with Gasteiger partial charge in [0.1, 0.15) is 18.4 Å². The highest BCUT2D eigenvalue weighted by Crippen LogP contribution is 2.46. The predicted molar refractivity (Wildman–Crippen MR) is 110 cm³/mol. The second-order valence-corrected chi connectivity index (χ2v) is 7.61. The molecule has 2 aliphatic rings. The molecule has 0 saturated carbocycles. The monoisotopic (exact) mass is 405 g/mol. The van der Waals surface area contributed by atoms with E-state index in [2.05, 4.69) is 0 Å². The van der Waals surface area contributed by atoms with Crippen molar-refractivity contribution in [1.82, 2.24) is 0 Å². The highest BCUT2D eigenvalue weighted by molar-refractivity contribution is 6.03. The van der Waals surface area contributed by atoms with Crippen molar-refractivity contribution in [1.29, 1.82) is 0 Å². The van der Waals surface area contributed by atoms with E-state index < -0.39 is 11.9 Å². The Morgan fingerprint density at radius 2 is 1.90 bits per heavy atom. The maximum atomic E-state index is 13.4. The van der Waals surface area contributed by atoms with Crippen molar-refractivity contribution < 1.29 is 23.6 Å². The van der Waals surface area contributed by atoms with Gasteiger partial charge in [-0.1, -0.05) is 30.3 Å². The average Bonchev–Trinajstić information content (AvgIpc) is 2.73. The smallest absolute Gasteiger partial charge is 0.340 e. The third-order valence-electron chi connectivity index (χ3n) is 5.60. The molecule has 0 bridgehead atoms. The molecule has 1 aliphatic carbocycles.